The summed E-state index contributed by atoms with van der Waals surface area (Å²) in [5, 5.41) is 20.8. The van der Waals surface area contributed by atoms with E-state index in [-0.39, 0.29) is 17.9 Å². The number of phenolic OH excluding ortho intramolecular Hbond substituents is 1. The fourth-order valence-electron chi connectivity index (χ4n) is 1.68. The SMILES string of the molecule is N#C/C(=C\C=C\c1ccc(O)cc1)C(=O)NCc1ccco1. The lowest BCUT2D eigenvalue weighted by Gasteiger charge is -2.00. The molecule has 0 fully saturated rings. The quantitative estimate of drug-likeness (QED) is 0.504. The summed E-state index contributed by atoms with van der Waals surface area (Å²) >= 11 is 0. The zero-order valence-corrected chi connectivity index (χ0v) is 11.7. The molecule has 0 radical (unpaired) electrons. The lowest BCUT2D eigenvalue weighted by atomic mass is 10.2. The molecular formula is C17H14N2O3. The van der Waals surface area contributed by atoms with Gasteiger partial charge < -0.3 is 14.8 Å². The molecule has 0 saturated heterocycles. The average molecular weight is 294 g/mol. The minimum Gasteiger partial charge on any atom is -0.508 e. The smallest absolute Gasteiger partial charge is 0.262 e. The molecule has 5 nitrogen and oxygen atoms in total. The van der Waals surface area contributed by atoms with Gasteiger partial charge in [0.05, 0.1) is 12.8 Å². The highest BCUT2D eigenvalue weighted by Crippen LogP contribution is 2.11. The highest BCUT2D eigenvalue weighted by atomic mass is 16.3. The Kier molecular flexibility index (Phi) is 5.16. The molecule has 22 heavy (non-hydrogen) atoms. The number of rotatable bonds is 5. The first-order valence-corrected chi connectivity index (χ1v) is 6.57. The summed E-state index contributed by atoms with van der Waals surface area (Å²) in [6, 6.07) is 11.9. The van der Waals surface area contributed by atoms with Crippen molar-refractivity contribution in [3.05, 3.63) is 71.7 Å². The molecule has 0 aliphatic carbocycles. The molecular weight excluding hydrogens is 280 g/mol. The van der Waals surface area contributed by atoms with E-state index in [1.807, 2.05) is 6.07 Å². The highest BCUT2D eigenvalue weighted by molar-refractivity contribution is 5.97. The summed E-state index contributed by atoms with van der Waals surface area (Å²) in [7, 11) is 0. The number of nitrogens with zero attached hydrogens (tertiary/aromatic N) is 1. The molecule has 0 saturated carbocycles. The number of aromatic hydroxyl groups is 1. The van der Waals surface area contributed by atoms with E-state index in [0.717, 1.165) is 5.56 Å². The summed E-state index contributed by atoms with van der Waals surface area (Å²) < 4.78 is 5.09. The third-order valence-electron chi connectivity index (χ3n) is 2.81. The largest absolute Gasteiger partial charge is 0.508 e. The molecule has 2 rings (SSSR count). The number of nitriles is 1. The van der Waals surface area contributed by atoms with Crippen molar-refractivity contribution in [1.82, 2.24) is 5.32 Å². The fourth-order valence-corrected chi connectivity index (χ4v) is 1.68. The molecule has 0 bridgehead atoms. The molecule has 5 heteroatoms. The van der Waals surface area contributed by atoms with Crippen molar-refractivity contribution < 1.29 is 14.3 Å². The zero-order chi connectivity index (χ0) is 15.8. The van der Waals surface area contributed by atoms with Crippen LogP contribution in [-0.2, 0) is 11.3 Å². The van der Waals surface area contributed by atoms with E-state index < -0.39 is 5.91 Å². The van der Waals surface area contributed by atoms with Crippen LogP contribution in [0.4, 0.5) is 0 Å². The molecule has 0 aliphatic rings. The van der Waals surface area contributed by atoms with Gasteiger partial charge in [-0.15, -0.1) is 0 Å². The molecule has 1 aromatic heterocycles. The number of hydrogen-bond acceptors (Lipinski definition) is 4. The van der Waals surface area contributed by atoms with Crippen LogP contribution in [0.25, 0.3) is 6.08 Å². The van der Waals surface area contributed by atoms with Crippen molar-refractivity contribution in [1.29, 1.82) is 5.26 Å². The van der Waals surface area contributed by atoms with Gasteiger partial charge in [-0.3, -0.25) is 4.79 Å². The molecule has 0 aliphatic heterocycles. The molecule has 2 N–H and O–H groups in total. The Bertz CT molecular complexity index is 720. The van der Waals surface area contributed by atoms with Gasteiger partial charge in [-0.2, -0.15) is 5.26 Å². The Labute approximate surface area is 127 Å². The Morgan fingerprint density at radius 3 is 2.73 bits per heavy atom. The third kappa shape index (κ3) is 4.39. The number of allylic oxidation sites excluding steroid dienone is 2. The third-order valence-corrected chi connectivity index (χ3v) is 2.81. The van der Waals surface area contributed by atoms with E-state index in [4.69, 9.17) is 9.68 Å². The Balaban J connectivity index is 1.96. The maximum Gasteiger partial charge on any atom is 0.262 e. The van der Waals surface area contributed by atoms with Crippen molar-refractivity contribution in [2.24, 2.45) is 0 Å². The molecule has 0 unspecified atom stereocenters. The van der Waals surface area contributed by atoms with Crippen LogP contribution >= 0.6 is 0 Å². The topological polar surface area (TPSA) is 86.3 Å². The first kappa shape index (κ1) is 15.1. The molecule has 1 heterocycles. The minimum atomic E-state index is -0.464. The molecule has 1 aromatic carbocycles. The maximum atomic E-state index is 11.8. The Morgan fingerprint density at radius 1 is 1.32 bits per heavy atom. The lowest BCUT2D eigenvalue weighted by molar-refractivity contribution is -0.117. The predicted octanol–water partition coefficient (Wildman–Crippen LogP) is 2.76. The van der Waals surface area contributed by atoms with Crippen LogP contribution in [0.15, 0.2) is 64.8 Å². The summed E-state index contributed by atoms with van der Waals surface area (Å²) in [5.74, 6) is 0.335. The van der Waals surface area contributed by atoms with Crippen molar-refractivity contribution in [2.45, 2.75) is 6.54 Å². The van der Waals surface area contributed by atoms with Gasteiger partial charge in [0.25, 0.3) is 5.91 Å². The van der Waals surface area contributed by atoms with Crippen LogP contribution in [0.1, 0.15) is 11.3 Å². The van der Waals surface area contributed by atoms with Gasteiger partial charge in [-0.25, -0.2) is 0 Å². The number of phenols is 1. The van der Waals surface area contributed by atoms with Crippen LogP contribution in [-0.4, -0.2) is 11.0 Å². The summed E-state index contributed by atoms with van der Waals surface area (Å²) in [6.07, 6.45) is 6.29. The van der Waals surface area contributed by atoms with Crippen LogP contribution in [0.2, 0.25) is 0 Å². The number of carbonyl (C=O) groups is 1. The second-order valence-electron chi connectivity index (χ2n) is 4.40. The van der Waals surface area contributed by atoms with Crippen molar-refractivity contribution in [2.75, 3.05) is 0 Å². The maximum absolute atomic E-state index is 11.8. The lowest BCUT2D eigenvalue weighted by Crippen LogP contribution is -2.23. The number of nitrogens with one attached hydrogen (secondary N) is 1. The van der Waals surface area contributed by atoms with Gasteiger partial charge >= 0.3 is 0 Å². The van der Waals surface area contributed by atoms with E-state index in [1.165, 1.54) is 12.3 Å². The average Bonchev–Trinajstić information content (AvgIpc) is 3.04. The molecule has 0 spiro atoms. The standard InChI is InChI=1S/C17H14N2O3/c18-11-14(17(21)19-12-16-5-2-10-22-16)4-1-3-13-6-8-15(20)9-7-13/h1-10,20H,12H2,(H,19,21)/b3-1+,14-4+. The summed E-state index contributed by atoms with van der Waals surface area (Å²) in [4.78, 5) is 11.8. The van der Waals surface area contributed by atoms with Crippen molar-refractivity contribution in [3.8, 4) is 11.8 Å². The second-order valence-corrected chi connectivity index (χ2v) is 4.40. The fraction of sp³-hybridized carbons (Fsp3) is 0.0588. The highest BCUT2D eigenvalue weighted by Gasteiger charge is 2.07. The number of carbonyl (C=O) groups excluding carboxylic acids is 1. The first-order valence-electron chi connectivity index (χ1n) is 6.57. The van der Waals surface area contributed by atoms with Gasteiger partial charge in [-0.1, -0.05) is 24.3 Å². The molecule has 110 valence electrons. The van der Waals surface area contributed by atoms with Crippen LogP contribution in [0.5, 0.6) is 5.75 Å². The Hall–Kier alpha value is -3.26. The van der Waals surface area contributed by atoms with Crippen LogP contribution in [0.3, 0.4) is 0 Å². The van der Waals surface area contributed by atoms with Gasteiger partial charge in [0.15, 0.2) is 0 Å². The van der Waals surface area contributed by atoms with Gasteiger partial charge in [0.1, 0.15) is 23.2 Å². The molecule has 0 atom stereocenters. The minimum absolute atomic E-state index is 0.00147. The molecule has 1 amide bonds. The second kappa shape index (κ2) is 7.50. The van der Waals surface area contributed by atoms with Crippen molar-refractivity contribution in [3.63, 3.8) is 0 Å². The zero-order valence-electron chi connectivity index (χ0n) is 11.7. The normalized spacial score (nSPS) is 11.3. The number of amides is 1. The van der Waals surface area contributed by atoms with E-state index in [1.54, 1.807) is 48.6 Å². The Morgan fingerprint density at radius 2 is 2.09 bits per heavy atom. The van der Waals surface area contributed by atoms with E-state index in [2.05, 4.69) is 5.32 Å². The summed E-state index contributed by atoms with van der Waals surface area (Å²) in [5.41, 5.74) is 0.851. The van der Waals surface area contributed by atoms with Crippen LogP contribution in [0, 0.1) is 11.3 Å². The van der Waals surface area contributed by atoms with Gasteiger partial charge in [-0.05, 0) is 35.9 Å². The first-order chi connectivity index (χ1) is 10.7. The van der Waals surface area contributed by atoms with Crippen molar-refractivity contribution >= 4 is 12.0 Å². The van der Waals surface area contributed by atoms with E-state index >= 15 is 0 Å². The molecule has 2 aromatic rings. The monoisotopic (exact) mass is 294 g/mol. The summed E-state index contributed by atoms with van der Waals surface area (Å²) in [6.45, 7) is 0.229. The van der Waals surface area contributed by atoms with E-state index in [0.29, 0.717) is 5.76 Å². The van der Waals surface area contributed by atoms with Gasteiger partial charge in [0, 0.05) is 0 Å². The van der Waals surface area contributed by atoms with Crippen LogP contribution < -0.4 is 5.32 Å². The number of hydrogen-bond donors (Lipinski definition) is 2. The number of benzene rings is 1. The predicted molar refractivity (Wildman–Crippen MR) is 81.4 cm³/mol. The van der Waals surface area contributed by atoms with Gasteiger partial charge in [0.2, 0.25) is 0 Å². The number of furan rings is 1. The van der Waals surface area contributed by atoms with E-state index in [9.17, 15) is 9.90 Å².